The summed E-state index contributed by atoms with van der Waals surface area (Å²) in [7, 11) is 0. The van der Waals surface area contributed by atoms with Crippen LogP contribution >= 0.6 is 9.90 Å². The smallest absolute Gasteiger partial charge is 0 e. The third-order valence-corrected chi connectivity index (χ3v) is 0. The third kappa shape index (κ3) is 482. The second-order valence-corrected chi connectivity index (χ2v) is 23.4. The monoisotopic (exact) mass is 388 g/mol. The van der Waals surface area contributed by atoms with E-state index in [1.54, 1.807) is 0 Å². The van der Waals surface area contributed by atoms with Gasteiger partial charge in [0.1, 0.15) is 0 Å². The van der Waals surface area contributed by atoms with Crippen LogP contribution in [0.5, 0.6) is 0 Å². The van der Waals surface area contributed by atoms with Gasteiger partial charge in [0.25, 0.3) is 0 Å². The van der Waals surface area contributed by atoms with Gasteiger partial charge in [0, 0.05) is 9.90 Å². The van der Waals surface area contributed by atoms with Crippen molar-refractivity contribution in [2.24, 2.45) is 0 Å². The van der Waals surface area contributed by atoms with Crippen LogP contribution in [-0.4, -0.2) is 43.0 Å². The van der Waals surface area contributed by atoms with E-state index in [4.69, 9.17) is 0 Å². The average molecular weight is 384 g/mol. The molecule has 0 aliphatic carbocycles. The molecule has 0 N–H and O–H groups in total. The Morgan fingerprint density at radius 2 is 0.385 bits per heavy atom. The van der Waals surface area contributed by atoms with Crippen LogP contribution < -0.4 is 0 Å². The zero-order valence-electron chi connectivity index (χ0n) is 10.9. The average Bonchev–Trinajstić information content (AvgIpc) is 1.54. The maximum atomic E-state index is 2.33. The molecule has 0 heterocycles. The molecular formula is C9H27Ge3P. The van der Waals surface area contributed by atoms with E-state index in [2.05, 4.69) is 51.8 Å². The molecule has 0 atom stereocenters. The molecule has 4 heteroatoms. The summed E-state index contributed by atoms with van der Waals surface area (Å²) in [4.78, 5) is 0. The summed E-state index contributed by atoms with van der Waals surface area (Å²) in [6.07, 6.45) is 0. The predicted molar refractivity (Wildman–Crippen MR) is 77.0 cm³/mol. The Kier molecular flexibility index (Phi) is 36.7. The van der Waals surface area contributed by atoms with Crippen molar-refractivity contribution in [3.05, 3.63) is 0 Å². The summed E-state index contributed by atoms with van der Waals surface area (Å²) in [6, 6.07) is 0. The molecule has 0 nitrogen and oxygen atoms in total. The maximum Gasteiger partial charge on any atom is 0 e. The summed E-state index contributed by atoms with van der Waals surface area (Å²) in [5.74, 6) is 21.0. The van der Waals surface area contributed by atoms with E-state index >= 15 is 0 Å². The molecule has 13 heavy (non-hydrogen) atoms. The van der Waals surface area contributed by atoms with Crippen LogP contribution in [0.15, 0.2) is 0 Å². The van der Waals surface area contributed by atoms with E-state index in [0.717, 1.165) is 0 Å². The Hall–Kier alpha value is 2.06. The van der Waals surface area contributed by atoms with Gasteiger partial charge in [0.2, 0.25) is 0 Å². The Bertz CT molecular complexity index is 43.4. The van der Waals surface area contributed by atoms with Crippen molar-refractivity contribution < 1.29 is 0 Å². The van der Waals surface area contributed by atoms with E-state index < -0.39 is 0 Å². The molecule has 80 valence electrons. The summed E-state index contributed by atoms with van der Waals surface area (Å²) in [5, 5.41) is 0. The van der Waals surface area contributed by atoms with Crippen molar-refractivity contribution in [3.63, 3.8) is 0 Å². The number of hydrogen-bond acceptors (Lipinski definition) is 0. The zero-order valence-corrected chi connectivity index (χ0v) is 18.1. The van der Waals surface area contributed by atoms with Crippen LogP contribution in [0.4, 0.5) is 0 Å². The van der Waals surface area contributed by atoms with Crippen LogP contribution in [-0.2, 0) is 0 Å². The van der Waals surface area contributed by atoms with Gasteiger partial charge < -0.3 is 0 Å². The summed E-state index contributed by atoms with van der Waals surface area (Å²) < 4.78 is 0. The molecule has 0 aromatic carbocycles. The SMILES string of the molecule is [CH3][Ge]([CH3])[CH3].[CH3][Ge]([CH3])[CH3].[CH3][Ge]([CH3])[CH3].[P]. The van der Waals surface area contributed by atoms with Crippen molar-refractivity contribution in [2.75, 3.05) is 0 Å². The Morgan fingerprint density at radius 1 is 0.385 bits per heavy atom. The molecule has 6 radical (unpaired) electrons. The topological polar surface area (TPSA) is 0 Å². The minimum atomic E-state index is -0.333. The maximum absolute atomic E-state index is 2.33. The Morgan fingerprint density at radius 3 is 0.385 bits per heavy atom. The van der Waals surface area contributed by atoms with Gasteiger partial charge in [-0.2, -0.15) is 0 Å². The molecule has 0 saturated heterocycles. The number of rotatable bonds is 0. The van der Waals surface area contributed by atoms with Crippen molar-refractivity contribution in [1.29, 1.82) is 0 Å². The first-order chi connectivity index (χ1) is 5.20. The van der Waals surface area contributed by atoms with Gasteiger partial charge in [-0.1, -0.05) is 0 Å². The molecule has 0 bridgehead atoms. The molecular weight excluding hydrogens is 357 g/mol. The molecule has 0 rings (SSSR count). The minimum absolute atomic E-state index is 0. The molecule has 0 aliphatic heterocycles. The normalized spacial score (nSPS) is 8.31. The van der Waals surface area contributed by atoms with E-state index in [1.165, 1.54) is 0 Å². The van der Waals surface area contributed by atoms with Crippen LogP contribution in [0.1, 0.15) is 0 Å². The fourth-order valence-corrected chi connectivity index (χ4v) is 0. The third-order valence-electron chi connectivity index (χ3n) is 0. The van der Waals surface area contributed by atoms with Gasteiger partial charge in [0.05, 0.1) is 0 Å². The minimum Gasteiger partial charge on any atom is 0 e. The standard InChI is InChI=1S/3C3H9Ge.P/c3*1-4(2)3;/h3*1-3H3;. The van der Waals surface area contributed by atoms with Crippen LogP contribution in [0, 0.1) is 0 Å². The molecule has 0 aliphatic rings. The molecule has 0 amide bonds. The van der Waals surface area contributed by atoms with Crippen molar-refractivity contribution in [3.8, 4) is 0 Å². The quantitative estimate of drug-likeness (QED) is 0.409. The van der Waals surface area contributed by atoms with E-state index in [-0.39, 0.29) is 52.9 Å². The molecule has 0 aromatic heterocycles. The van der Waals surface area contributed by atoms with Gasteiger partial charge in [-0.3, -0.25) is 0 Å². The second kappa shape index (κ2) is 19.6. The Labute approximate surface area is 104 Å². The van der Waals surface area contributed by atoms with E-state index in [9.17, 15) is 0 Å². The fraction of sp³-hybridized carbons (Fsp3) is 1.00. The molecule has 0 saturated carbocycles. The van der Waals surface area contributed by atoms with Crippen LogP contribution in [0.2, 0.25) is 51.8 Å². The summed E-state index contributed by atoms with van der Waals surface area (Å²) >= 11 is -1.00. The van der Waals surface area contributed by atoms with Crippen molar-refractivity contribution >= 4 is 52.9 Å². The van der Waals surface area contributed by atoms with Crippen LogP contribution in [0.25, 0.3) is 0 Å². The van der Waals surface area contributed by atoms with Gasteiger partial charge in [-0.05, 0) is 0 Å². The van der Waals surface area contributed by atoms with Gasteiger partial charge in [0.15, 0.2) is 0 Å². The first-order valence-electron chi connectivity index (χ1n) is 4.50. The molecule has 0 spiro atoms. The van der Waals surface area contributed by atoms with Gasteiger partial charge in [-0.15, -0.1) is 0 Å². The second-order valence-electron chi connectivity index (χ2n) is 4.50. The van der Waals surface area contributed by atoms with Crippen LogP contribution in [0.3, 0.4) is 0 Å². The summed E-state index contributed by atoms with van der Waals surface area (Å²) in [6.45, 7) is 0. The summed E-state index contributed by atoms with van der Waals surface area (Å²) in [5.41, 5.74) is 0. The van der Waals surface area contributed by atoms with Gasteiger partial charge >= 0.3 is 94.9 Å². The van der Waals surface area contributed by atoms with E-state index in [1.807, 2.05) is 0 Å². The Balaban J connectivity index is -0.0000000450. The van der Waals surface area contributed by atoms with Crippen molar-refractivity contribution in [1.82, 2.24) is 0 Å². The zero-order chi connectivity index (χ0) is 10.7. The molecule has 0 fully saturated rings. The first kappa shape index (κ1) is 24.3. The van der Waals surface area contributed by atoms with E-state index in [0.29, 0.717) is 0 Å². The number of hydrogen-bond donors (Lipinski definition) is 0. The first-order valence-corrected chi connectivity index (χ1v) is 23.4. The van der Waals surface area contributed by atoms with Crippen molar-refractivity contribution in [2.45, 2.75) is 51.8 Å². The fourth-order valence-electron chi connectivity index (χ4n) is 0. The largest absolute Gasteiger partial charge is 0 e. The molecule has 0 unspecified atom stereocenters. The predicted octanol–water partition coefficient (Wildman–Crippen LogP) is 4.97. The molecule has 0 aromatic rings. The van der Waals surface area contributed by atoms with Gasteiger partial charge in [-0.25, -0.2) is 0 Å².